The Morgan fingerprint density at radius 2 is 1.85 bits per heavy atom. The monoisotopic (exact) mass is 262 g/mol. The molecule has 0 spiro atoms. The summed E-state index contributed by atoms with van der Waals surface area (Å²) in [6, 6.07) is 18.9. The second-order valence-electron chi connectivity index (χ2n) is 5.09. The highest BCUT2D eigenvalue weighted by molar-refractivity contribution is 5.95. The molecule has 0 saturated heterocycles. The van der Waals surface area contributed by atoms with E-state index >= 15 is 0 Å². The van der Waals surface area contributed by atoms with E-state index in [0.717, 1.165) is 18.4 Å². The Kier molecular flexibility index (Phi) is 3.00. The van der Waals surface area contributed by atoms with Crippen molar-refractivity contribution >= 4 is 5.91 Å². The summed E-state index contributed by atoms with van der Waals surface area (Å²) >= 11 is 0. The van der Waals surface area contributed by atoms with Gasteiger partial charge in [0.15, 0.2) is 0 Å². The molecule has 0 heterocycles. The summed E-state index contributed by atoms with van der Waals surface area (Å²) in [7, 11) is 0. The van der Waals surface area contributed by atoms with Crippen LogP contribution in [0.1, 0.15) is 34.3 Å². The topological polar surface area (TPSA) is 52.9 Å². The quantitative estimate of drug-likeness (QED) is 0.924. The lowest BCUT2D eigenvalue weighted by molar-refractivity contribution is 0.0931. The van der Waals surface area contributed by atoms with Gasteiger partial charge in [0.05, 0.1) is 17.2 Å². The molecule has 0 unspecified atom stereocenters. The number of hydrogen-bond acceptors (Lipinski definition) is 2. The SMILES string of the molecule is N#Cc1cccc(C(=O)NC2(c3ccccc3)CC2)c1. The fourth-order valence-corrected chi connectivity index (χ4v) is 2.39. The number of amides is 1. The summed E-state index contributed by atoms with van der Waals surface area (Å²) in [5.41, 5.74) is 1.96. The van der Waals surface area contributed by atoms with Gasteiger partial charge in [-0.05, 0) is 36.6 Å². The molecule has 1 fully saturated rings. The molecule has 0 radical (unpaired) electrons. The van der Waals surface area contributed by atoms with Crippen molar-refractivity contribution in [2.45, 2.75) is 18.4 Å². The second kappa shape index (κ2) is 4.82. The maximum atomic E-state index is 12.3. The Hall–Kier alpha value is -2.60. The first-order chi connectivity index (χ1) is 9.73. The molecule has 1 amide bonds. The minimum Gasteiger partial charge on any atom is -0.343 e. The van der Waals surface area contributed by atoms with Crippen LogP contribution in [0.25, 0.3) is 0 Å². The molecule has 0 aromatic heterocycles. The fraction of sp³-hybridized carbons (Fsp3) is 0.176. The zero-order chi connectivity index (χ0) is 14.0. The molecule has 98 valence electrons. The van der Waals surface area contributed by atoms with Crippen molar-refractivity contribution in [2.24, 2.45) is 0 Å². The van der Waals surface area contributed by atoms with Gasteiger partial charge < -0.3 is 5.32 Å². The largest absolute Gasteiger partial charge is 0.343 e. The minimum absolute atomic E-state index is 0.122. The van der Waals surface area contributed by atoms with Gasteiger partial charge >= 0.3 is 0 Å². The van der Waals surface area contributed by atoms with Crippen LogP contribution in [0, 0.1) is 11.3 Å². The Labute approximate surface area is 117 Å². The molecule has 3 nitrogen and oxygen atoms in total. The predicted octanol–water partition coefficient (Wildman–Crippen LogP) is 2.98. The summed E-state index contributed by atoms with van der Waals surface area (Å²) in [6.45, 7) is 0. The second-order valence-corrected chi connectivity index (χ2v) is 5.09. The highest BCUT2D eigenvalue weighted by Crippen LogP contribution is 2.45. The van der Waals surface area contributed by atoms with Crippen LogP contribution in [0.3, 0.4) is 0 Å². The maximum Gasteiger partial charge on any atom is 0.252 e. The van der Waals surface area contributed by atoms with E-state index in [1.165, 1.54) is 0 Å². The van der Waals surface area contributed by atoms with Crippen molar-refractivity contribution in [3.05, 3.63) is 71.3 Å². The van der Waals surface area contributed by atoms with Crippen molar-refractivity contribution < 1.29 is 4.79 Å². The average Bonchev–Trinajstić information content (AvgIpc) is 3.29. The van der Waals surface area contributed by atoms with E-state index in [9.17, 15) is 4.79 Å². The molecule has 0 bridgehead atoms. The van der Waals surface area contributed by atoms with Gasteiger partial charge in [0.25, 0.3) is 5.91 Å². The van der Waals surface area contributed by atoms with Crippen molar-refractivity contribution in [2.75, 3.05) is 0 Å². The smallest absolute Gasteiger partial charge is 0.252 e. The molecule has 20 heavy (non-hydrogen) atoms. The summed E-state index contributed by atoms with van der Waals surface area (Å²) in [4.78, 5) is 12.3. The third kappa shape index (κ3) is 2.28. The summed E-state index contributed by atoms with van der Waals surface area (Å²) in [6.07, 6.45) is 1.92. The molecule has 3 rings (SSSR count). The number of benzene rings is 2. The third-order valence-electron chi connectivity index (χ3n) is 3.68. The lowest BCUT2D eigenvalue weighted by atomic mass is 10.0. The lowest BCUT2D eigenvalue weighted by Gasteiger charge is -2.18. The average molecular weight is 262 g/mol. The number of nitrogens with one attached hydrogen (secondary N) is 1. The standard InChI is InChI=1S/C17H14N2O/c18-12-13-5-4-6-14(11-13)16(20)19-17(9-10-17)15-7-2-1-3-8-15/h1-8,11H,9-10H2,(H,19,20). The number of rotatable bonds is 3. The minimum atomic E-state index is -0.221. The van der Waals surface area contributed by atoms with E-state index in [2.05, 4.69) is 11.4 Å². The number of nitrogens with zero attached hydrogens (tertiary/aromatic N) is 1. The first-order valence-electron chi connectivity index (χ1n) is 6.62. The van der Waals surface area contributed by atoms with E-state index < -0.39 is 0 Å². The van der Waals surface area contributed by atoms with Gasteiger partial charge in [-0.3, -0.25) is 4.79 Å². The number of nitriles is 1. The molecular formula is C17H14N2O. The molecule has 1 saturated carbocycles. The molecule has 0 atom stereocenters. The van der Waals surface area contributed by atoms with Gasteiger partial charge in [-0.25, -0.2) is 0 Å². The molecule has 1 aliphatic rings. The Morgan fingerprint density at radius 1 is 1.10 bits per heavy atom. The van der Waals surface area contributed by atoms with Gasteiger partial charge in [0, 0.05) is 5.56 Å². The first-order valence-corrected chi connectivity index (χ1v) is 6.62. The Balaban J connectivity index is 1.81. The summed E-state index contributed by atoms with van der Waals surface area (Å²) < 4.78 is 0. The van der Waals surface area contributed by atoms with Crippen LogP contribution in [-0.4, -0.2) is 5.91 Å². The summed E-state index contributed by atoms with van der Waals surface area (Å²) in [5, 5.41) is 12.0. The van der Waals surface area contributed by atoms with Gasteiger partial charge in [0.2, 0.25) is 0 Å². The molecular weight excluding hydrogens is 248 g/mol. The van der Waals surface area contributed by atoms with E-state index in [0.29, 0.717) is 11.1 Å². The fourth-order valence-electron chi connectivity index (χ4n) is 2.39. The number of carbonyl (C=O) groups excluding carboxylic acids is 1. The number of hydrogen-bond donors (Lipinski definition) is 1. The molecule has 3 heteroatoms. The molecule has 2 aromatic carbocycles. The number of carbonyl (C=O) groups is 1. The maximum absolute atomic E-state index is 12.3. The predicted molar refractivity (Wildman–Crippen MR) is 76.0 cm³/mol. The van der Waals surface area contributed by atoms with Crippen LogP contribution in [0.4, 0.5) is 0 Å². The van der Waals surface area contributed by atoms with Gasteiger partial charge in [0.1, 0.15) is 0 Å². The van der Waals surface area contributed by atoms with E-state index in [-0.39, 0.29) is 11.4 Å². The van der Waals surface area contributed by atoms with Crippen LogP contribution < -0.4 is 5.32 Å². The van der Waals surface area contributed by atoms with E-state index in [1.54, 1.807) is 24.3 Å². The summed E-state index contributed by atoms with van der Waals surface area (Å²) in [5.74, 6) is -0.122. The highest BCUT2D eigenvalue weighted by atomic mass is 16.1. The van der Waals surface area contributed by atoms with Crippen LogP contribution in [0.5, 0.6) is 0 Å². The zero-order valence-corrected chi connectivity index (χ0v) is 11.0. The Morgan fingerprint density at radius 3 is 2.50 bits per heavy atom. The van der Waals surface area contributed by atoms with Crippen LogP contribution >= 0.6 is 0 Å². The van der Waals surface area contributed by atoms with Crippen molar-refractivity contribution in [1.29, 1.82) is 5.26 Å². The molecule has 2 aromatic rings. The zero-order valence-electron chi connectivity index (χ0n) is 11.0. The van der Waals surface area contributed by atoms with E-state index in [4.69, 9.17) is 5.26 Å². The third-order valence-corrected chi connectivity index (χ3v) is 3.68. The van der Waals surface area contributed by atoms with Gasteiger partial charge in [-0.2, -0.15) is 5.26 Å². The van der Waals surface area contributed by atoms with Gasteiger partial charge in [-0.15, -0.1) is 0 Å². The Bertz CT molecular complexity index is 682. The van der Waals surface area contributed by atoms with Crippen molar-refractivity contribution in [3.63, 3.8) is 0 Å². The van der Waals surface area contributed by atoms with Crippen LogP contribution in [-0.2, 0) is 5.54 Å². The molecule has 1 aliphatic carbocycles. The van der Waals surface area contributed by atoms with Crippen molar-refractivity contribution in [1.82, 2.24) is 5.32 Å². The molecule has 1 N–H and O–H groups in total. The highest BCUT2D eigenvalue weighted by Gasteiger charge is 2.45. The van der Waals surface area contributed by atoms with E-state index in [1.807, 2.05) is 30.3 Å². The molecule has 0 aliphatic heterocycles. The van der Waals surface area contributed by atoms with Gasteiger partial charge in [-0.1, -0.05) is 36.4 Å². The normalized spacial score (nSPS) is 15.2. The van der Waals surface area contributed by atoms with Crippen molar-refractivity contribution in [3.8, 4) is 6.07 Å². The lowest BCUT2D eigenvalue weighted by Crippen LogP contribution is -2.34. The first kappa shape index (κ1) is 12.4. The van der Waals surface area contributed by atoms with Crippen LogP contribution in [0.2, 0.25) is 0 Å². The van der Waals surface area contributed by atoms with Crippen LogP contribution in [0.15, 0.2) is 54.6 Å².